The van der Waals surface area contributed by atoms with E-state index in [1.807, 2.05) is 0 Å². The average Bonchev–Trinajstić information content (AvgIpc) is 1.76. The summed E-state index contributed by atoms with van der Waals surface area (Å²) >= 11 is 0. The number of nitrogens with zero attached hydrogens (tertiary/aromatic N) is 2. The Kier molecular flexibility index (Phi) is 3.60. The van der Waals surface area contributed by atoms with E-state index in [1.54, 1.807) is 12.4 Å². The zero-order chi connectivity index (χ0) is 3.54. The molecule has 0 fully saturated rings. The van der Waals surface area contributed by atoms with Crippen LogP contribution in [0, 0.1) is 31.1 Å². The molecule has 0 spiro atoms. The predicted octanol–water partition coefficient (Wildman–Crippen LogP) is 0.0388. The van der Waals surface area contributed by atoms with E-state index in [9.17, 15) is 0 Å². The summed E-state index contributed by atoms with van der Waals surface area (Å²) in [6, 6.07) is 0. The number of imidazole rings is 1. The van der Waals surface area contributed by atoms with Crippen molar-refractivity contribution >= 4 is 0 Å². The minimum atomic E-state index is 0. The first-order valence-corrected chi connectivity index (χ1v) is 1.37. The van der Waals surface area contributed by atoms with Crippen molar-refractivity contribution in [2.24, 2.45) is 0 Å². The van der Waals surface area contributed by atoms with E-state index < -0.39 is 0 Å². The molecule has 3 heteroatoms. The van der Waals surface area contributed by atoms with E-state index in [2.05, 4.69) is 9.97 Å². The minimum Gasteiger partial charge on any atom is -0.450 e. The van der Waals surface area contributed by atoms with E-state index in [0.717, 1.165) is 0 Å². The molecule has 0 aliphatic carbocycles. The molecule has 1 aromatic heterocycles. The zero-order valence-corrected chi connectivity index (χ0v) is 7.29. The molecule has 0 amide bonds. The maximum absolute atomic E-state index is 3.61. The van der Waals surface area contributed by atoms with Crippen LogP contribution in [0.2, 0.25) is 0 Å². The molecule has 0 N–H and O–H groups in total. The van der Waals surface area contributed by atoms with Gasteiger partial charge in [-0.1, -0.05) is 18.7 Å². The molecule has 0 radical (unpaired) electrons. The van der Waals surface area contributed by atoms with Gasteiger partial charge in [0.1, 0.15) is 0 Å². The van der Waals surface area contributed by atoms with Gasteiger partial charge in [0.15, 0.2) is 0 Å². The van der Waals surface area contributed by atoms with Crippen LogP contribution in [0.15, 0.2) is 18.7 Å². The maximum atomic E-state index is 3.61. The first-order valence-electron chi connectivity index (χ1n) is 1.37. The van der Waals surface area contributed by atoms with Gasteiger partial charge in [-0.3, -0.25) is 0 Å². The summed E-state index contributed by atoms with van der Waals surface area (Å²) in [6.45, 7) is 0. The van der Waals surface area contributed by atoms with Gasteiger partial charge in [-0.25, -0.2) is 0 Å². The fourth-order valence-electron chi connectivity index (χ4n) is 0.192. The zero-order valence-electron chi connectivity index (χ0n) is 3.13. The van der Waals surface area contributed by atoms with Crippen molar-refractivity contribution in [3.63, 3.8) is 0 Å². The summed E-state index contributed by atoms with van der Waals surface area (Å²) in [7, 11) is 0. The van der Waals surface area contributed by atoms with Crippen molar-refractivity contribution < 1.29 is 31.1 Å². The van der Waals surface area contributed by atoms with E-state index in [1.165, 1.54) is 6.33 Å². The normalized spacial score (nSPS) is 6.67. The van der Waals surface area contributed by atoms with Crippen molar-refractivity contribution in [3.05, 3.63) is 18.7 Å². The van der Waals surface area contributed by atoms with Crippen molar-refractivity contribution in [3.8, 4) is 0 Å². The van der Waals surface area contributed by atoms with Crippen LogP contribution < -0.4 is 4.98 Å². The molecule has 1 aromatic rings. The van der Waals surface area contributed by atoms with Crippen LogP contribution in [-0.2, 0) is 0 Å². The van der Waals surface area contributed by atoms with Gasteiger partial charge in [0.25, 0.3) is 0 Å². The molecular weight excluding hydrogens is 302 g/mol. The fraction of sp³-hybridized carbons (Fsp3) is 0. The Morgan fingerprint density at radius 1 is 1.50 bits per heavy atom. The minimum absolute atomic E-state index is 0. The monoisotopic (exact) mass is 305 g/mol. The quantitative estimate of drug-likeness (QED) is 0.677. The van der Waals surface area contributed by atoms with Crippen LogP contribution in [0.25, 0.3) is 0 Å². The van der Waals surface area contributed by atoms with Crippen LogP contribution in [0.3, 0.4) is 0 Å². The number of hydrogen-bond donors (Lipinski definition) is 0. The first-order chi connectivity index (χ1) is 2.50. The molecule has 1 rings (SSSR count). The SMILES string of the molecule is [U].c1c[n-]cn1. The molecule has 0 saturated heterocycles. The van der Waals surface area contributed by atoms with Crippen molar-refractivity contribution in [1.29, 1.82) is 0 Å². The van der Waals surface area contributed by atoms with E-state index in [4.69, 9.17) is 0 Å². The van der Waals surface area contributed by atoms with Gasteiger partial charge >= 0.3 is 0 Å². The van der Waals surface area contributed by atoms with Crippen molar-refractivity contribution in [2.45, 2.75) is 0 Å². The number of aromatic nitrogens is 2. The van der Waals surface area contributed by atoms with E-state index in [-0.39, 0.29) is 31.1 Å². The molecular formula is C3H3N2U-. The Morgan fingerprint density at radius 2 is 2.33 bits per heavy atom. The van der Waals surface area contributed by atoms with Gasteiger partial charge in [-0.05, 0) is 0 Å². The Bertz CT molecular complexity index is 65.3. The Hall–Kier alpha value is 0.262. The molecule has 0 bridgehead atoms. The molecule has 0 aliphatic rings. The second-order valence-electron chi connectivity index (χ2n) is 0.712. The summed E-state index contributed by atoms with van der Waals surface area (Å²) in [5, 5.41) is 0. The first kappa shape index (κ1) is 6.26. The standard InChI is InChI=1S/C3H3N2.U/c1-2-5-3-4-1;/h1-3H;/q-1;. The summed E-state index contributed by atoms with van der Waals surface area (Å²) in [6.07, 6.45) is 4.78. The van der Waals surface area contributed by atoms with Gasteiger partial charge in [-0.15, -0.1) is 0 Å². The molecule has 30 valence electrons. The topological polar surface area (TPSA) is 27.0 Å². The smallest absolute Gasteiger partial charge is 0 e. The molecule has 0 saturated carbocycles. The summed E-state index contributed by atoms with van der Waals surface area (Å²) < 4.78 is 0. The molecule has 1 heterocycles. The third kappa shape index (κ3) is 1.64. The maximum Gasteiger partial charge on any atom is 0 e. The largest absolute Gasteiger partial charge is 0.450 e. The average molecular weight is 305 g/mol. The molecule has 0 atom stereocenters. The van der Waals surface area contributed by atoms with Gasteiger partial charge in [0.05, 0.1) is 0 Å². The molecule has 0 unspecified atom stereocenters. The third-order valence-electron chi connectivity index (χ3n) is 0.372. The van der Waals surface area contributed by atoms with Gasteiger partial charge < -0.3 is 9.97 Å². The Labute approximate surface area is 59.7 Å². The second-order valence-corrected chi connectivity index (χ2v) is 0.712. The summed E-state index contributed by atoms with van der Waals surface area (Å²) in [5.41, 5.74) is 0. The van der Waals surface area contributed by atoms with Crippen LogP contribution in [0.1, 0.15) is 0 Å². The third-order valence-corrected chi connectivity index (χ3v) is 0.372. The van der Waals surface area contributed by atoms with E-state index in [0.29, 0.717) is 0 Å². The molecule has 2 nitrogen and oxygen atoms in total. The summed E-state index contributed by atoms with van der Waals surface area (Å²) in [5.74, 6) is 0. The summed E-state index contributed by atoms with van der Waals surface area (Å²) in [4.78, 5) is 7.22. The Balaban J connectivity index is 0.000000250. The fourth-order valence-corrected chi connectivity index (χ4v) is 0.192. The van der Waals surface area contributed by atoms with Crippen molar-refractivity contribution in [2.75, 3.05) is 0 Å². The Morgan fingerprint density at radius 3 is 2.50 bits per heavy atom. The van der Waals surface area contributed by atoms with E-state index >= 15 is 0 Å². The molecule has 0 aromatic carbocycles. The second kappa shape index (κ2) is 3.45. The van der Waals surface area contributed by atoms with Crippen LogP contribution in [-0.4, -0.2) is 4.98 Å². The predicted molar refractivity (Wildman–Crippen MR) is 17.6 cm³/mol. The number of rotatable bonds is 0. The molecule has 6 heavy (non-hydrogen) atoms. The van der Waals surface area contributed by atoms with Gasteiger partial charge in [0, 0.05) is 31.1 Å². The van der Waals surface area contributed by atoms with Crippen LogP contribution in [0.4, 0.5) is 0 Å². The van der Waals surface area contributed by atoms with Crippen LogP contribution >= 0.6 is 0 Å². The molecule has 0 aliphatic heterocycles. The van der Waals surface area contributed by atoms with Crippen molar-refractivity contribution in [1.82, 2.24) is 9.97 Å². The number of hydrogen-bond acceptors (Lipinski definition) is 1. The van der Waals surface area contributed by atoms with Gasteiger partial charge in [-0.2, -0.15) is 0 Å². The van der Waals surface area contributed by atoms with Gasteiger partial charge in [0.2, 0.25) is 0 Å². The van der Waals surface area contributed by atoms with Crippen LogP contribution in [0.5, 0.6) is 0 Å².